The van der Waals surface area contributed by atoms with Crippen LogP contribution in [0, 0.1) is 10.1 Å². The lowest BCUT2D eigenvalue weighted by atomic mass is 10.3. The zero-order valence-corrected chi connectivity index (χ0v) is 8.96. The normalized spacial score (nSPS) is 10.1. The zero-order valence-electron chi connectivity index (χ0n) is 7.44. The highest BCUT2D eigenvalue weighted by atomic mass is 35.5. The van der Waals surface area contributed by atoms with Crippen molar-refractivity contribution in [2.75, 3.05) is 13.2 Å². The Labute approximate surface area is 95.3 Å². The Morgan fingerprint density at radius 2 is 2.07 bits per heavy atom. The summed E-state index contributed by atoms with van der Waals surface area (Å²) in [6, 6.07) is 2.36. The van der Waals surface area contributed by atoms with Crippen molar-refractivity contribution in [2.45, 2.75) is 0 Å². The Morgan fingerprint density at radius 1 is 1.40 bits per heavy atom. The van der Waals surface area contributed by atoms with Gasteiger partial charge in [-0.1, -0.05) is 23.2 Å². The van der Waals surface area contributed by atoms with Crippen LogP contribution in [-0.2, 0) is 0 Å². The van der Waals surface area contributed by atoms with E-state index in [1.807, 2.05) is 0 Å². The molecule has 0 amide bonds. The van der Waals surface area contributed by atoms with Gasteiger partial charge in [-0.2, -0.15) is 0 Å². The van der Waals surface area contributed by atoms with Crippen LogP contribution in [0.4, 0.5) is 5.69 Å². The fourth-order valence-electron chi connectivity index (χ4n) is 0.925. The lowest BCUT2D eigenvalue weighted by molar-refractivity contribution is -0.384. The summed E-state index contributed by atoms with van der Waals surface area (Å²) in [5.41, 5.74) is -0.283. The predicted octanol–water partition coefficient (Wildman–Crippen LogP) is 2.27. The molecule has 0 atom stereocenters. The second-order valence-corrected chi connectivity index (χ2v) is 3.38. The van der Waals surface area contributed by atoms with Crippen LogP contribution in [0.1, 0.15) is 0 Å². The summed E-state index contributed by atoms with van der Waals surface area (Å²) >= 11 is 11.3. The highest BCUT2D eigenvalue weighted by Crippen LogP contribution is 2.35. The van der Waals surface area contributed by atoms with Gasteiger partial charge in [0.2, 0.25) is 0 Å². The van der Waals surface area contributed by atoms with E-state index in [4.69, 9.17) is 33.0 Å². The number of aliphatic hydroxyl groups is 1. The molecule has 0 heterocycles. The minimum Gasteiger partial charge on any atom is -0.489 e. The maximum atomic E-state index is 10.5. The van der Waals surface area contributed by atoms with Crippen molar-refractivity contribution in [2.24, 2.45) is 0 Å². The first-order valence-corrected chi connectivity index (χ1v) is 4.69. The minimum atomic E-state index is -0.634. The van der Waals surface area contributed by atoms with Gasteiger partial charge in [-0.3, -0.25) is 10.1 Å². The molecule has 0 bridgehead atoms. The molecule has 0 fully saturated rings. The van der Waals surface area contributed by atoms with Crippen LogP contribution in [-0.4, -0.2) is 23.2 Å². The SMILES string of the molecule is O=[N+]([O-])c1cc(OCCO)c(Cl)cc1Cl. The first kappa shape index (κ1) is 12.0. The molecule has 0 aromatic heterocycles. The summed E-state index contributed by atoms with van der Waals surface area (Å²) in [5, 5.41) is 19.2. The van der Waals surface area contributed by atoms with E-state index in [1.165, 1.54) is 6.07 Å². The monoisotopic (exact) mass is 251 g/mol. The number of hydrogen-bond donors (Lipinski definition) is 1. The standard InChI is InChI=1S/C8H7Cl2NO4/c9-5-3-6(10)8(15-2-1-12)4-7(5)11(13)14/h3-4,12H,1-2H2. The molecule has 0 aliphatic heterocycles. The Balaban J connectivity index is 3.06. The van der Waals surface area contributed by atoms with Crippen LogP contribution in [0.3, 0.4) is 0 Å². The average Bonchev–Trinajstić information content (AvgIpc) is 2.16. The third kappa shape index (κ3) is 2.95. The fourth-order valence-corrected chi connectivity index (χ4v) is 1.43. The number of aliphatic hydroxyl groups excluding tert-OH is 1. The molecule has 7 heteroatoms. The minimum absolute atomic E-state index is 0.0124. The molecule has 0 saturated carbocycles. The lowest BCUT2D eigenvalue weighted by Crippen LogP contribution is -2.02. The Morgan fingerprint density at radius 3 is 2.60 bits per heavy atom. The summed E-state index contributed by atoms with van der Waals surface area (Å²) in [4.78, 5) is 9.90. The van der Waals surface area contributed by atoms with E-state index in [1.54, 1.807) is 0 Å². The van der Waals surface area contributed by atoms with E-state index >= 15 is 0 Å². The largest absolute Gasteiger partial charge is 0.489 e. The molecule has 1 rings (SSSR count). The number of halogens is 2. The zero-order chi connectivity index (χ0) is 11.4. The lowest BCUT2D eigenvalue weighted by Gasteiger charge is -2.06. The first-order valence-electron chi connectivity index (χ1n) is 3.93. The van der Waals surface area contributed by atoms with Crippen LogP contribution in [0.5, 0.6) is 5.75 Å². The van der Waals surface area contributed by atoms with Gasteiger partial charge in [0.25, 0.3) is 5.69 Å². The number of benzene rings is 1. The molecule has 0 saturated heterocycles. The molecule has 0 aliphatic rings. The van der Waals surface area contributed by atoms with Crippen LogP contribution in [0.15, 0.2) is 12.1 Å². The Hall–Kier alpha value is -1.04. The van der Waals surface area contributed by atoms with Crippen LogP contribution in [0.2, 0.25) is 10.0 Å². The summed E-state index contributed by atoms with van der Waals surface area (Å²) < 4.78 is 4.99. The van der Waals surface area contributed by atoms with Gasteiger partial charge in [0.1, 0.15) is 17.4 Å². The molecule has 0 spiro atoms. The van der Waals surface area contributed by atoms with E-state index in [2.05, 4.69) is 0 Å². The van der Waals surface area contributed by atoms with Crippen LogP contribution in [0.25, 0.3) is 0 Å². The van der Waals surface area contributed by atoms with Gasteiger partial charge in [-0.25, -0.2) is 0 Å². The van der Waals surface area contributed by atoms with Crippen molar-refractivity contribution in [1.82, 2.24) is 0 Å². The number of nitro benzene ring substituents is 1. The van der Waals surface area contributed by atoms with E-state index in [-0.39, 0.29) is 34.7 Å². The van der Waals surface area contributed by atoms with Crippen molar-refractivity contribution in [1.29, 1.82) is 0 Å². The molecule has 1 aromatic carbocycles. The van der Waals surface area contributed by atoms with Crippen molar-refractivity contribution in [3.8, 4) is 5.75 Å². The van der Waals surface area contributed by atoms with Crippen molar-refractivity contribution in [3.63, 3.8) is 0 Å². The second-order valence-electron chi connectivity index (χ2n) is 2.56. The molecule has 1 aromatic rings. The molecule has 82 valence electrons. The van der Waals surface area contributed by atoms with Gasteiger partial charge >= 0.3 is 0 Å². The highest BCUT2D eigenvalue weighted by molar-refractivity contribution is 6.36. The summed E-state index contributed by atoms with van der Waals surface area (Å²) in [6.45, 7) is -0.189. The first-order chi connectivity index (χ1) is 7.06. The Kier molecular flexibility index (Phi) is 4.14. The Bertz CT molecular complexity index is 383. The van der Waals surface area contributed by atoms with E-state index in [0.29, 0.717) is 0 Å². The third-order valence-electron chi connectivity index (χ3n) is 1.55. The number of nitrogens with zero attached hydrogens (tertiary/aromatic N) is 1. The van der Waals surface area contributed by atoms with E-state index < -0.39 is 4.92 Å². The number of hydrogen-bond acceptors (Lipinski definition) is 4. The summed E-state index contributed by atoms with van der Waals surface area (Å²) in [6.07, 6.45) is 0. The van der Waals surface area contributed by atoms with Crippen molar-refractivity contribution < 1.29 is 14.8 Å². The third-order valence-corrected chi connectivity index (χ3v) is 2.14. The van der Waals surface area contributed by atoms with Gasteiger partial charge in [-0.15, -0.1) is 0 Å². The summed E-state index contributed by atoms with van der Waals surface area (Å²) in [5.74, 6) is 0.127. The molecular weight excluding hydrogens is 245 g/mol. The maximum Gasteiger partial charge on any atom is 0.291 e. The highest BCUT2D eigenvalue weighted by Gasteiger charge is 2.16. The molecule has 15 heavy (non-hydrogen) atoms. The quantitative estimate of drug-likeness (QED) is 0.658. The molecule has 5 nitrogen and oxygen atoms in total. The van der Waals surface area contributed by atoms with Gasteiger partial charge in [0.05, 0.1) is 22.6 Å². The van der Waals surface area contributed by atoms with Crippen molar-refractivity contribution in [3.05, 3.63) is 32.3 Å². The topological polar surface area (TPSA) is 72.6 Å². The molecule has 0 radical (unpaired) electrons. The fraction of sp³-hybridized carbons (Fsp3) is 0.250. The van der Waals surface area contributed by atoms with Gasteiger partial charge < -0.3 is 9.84 Å². The van der Waals surface area contributed by atoms with Crippen molar-refractivity contribution >= 4 is 28.9 Å². The van der Waals surface area contributed by atoms with Gasteiger partial charge in [0, 0.05) is 0 Å². The van der Waals surface area contributed by atoms with E-state index in [0.717, 1.165) is 6.07 Å². The smallest absolute Gasteiger partial charge is 0.291 e. The summed E-state index contributed by atoms with van der Waals surface area (Å²) in [7, 11) is 0. The molecule has 1 N–H and O–H groups in total. The second kappa shape index (κ2) is 5.16. The number of ether oxygens (including phenoxy) is 1. The van der Waals surface area contributed by atoms with Gasteiger partial charge in [0.15, 0.2) is 0 Å². The van der Waals surface area contributed by atoms with Gasteiger partial charge in [-0.05, 0) is 6.07 Å². The number of nitro groups is 1. The number of rotatable bonds is 4. The molecular formula is C8H7Cl2NO4. The average molecular weight is 252 g/mol. The van der Waals surface area contributed by atoms with Crippen LogP contribution < -0.4 is 4.74 Å². The molecule has 0 aliphatic carbocycles. The van der Waals surface area contributed by atoms with Crippen LogP contribution >= 0.6 is 23.2 Å². The van der Waals surface area contributed by atoms with E-state index in [9.17, 15) is 10.1 Å². The maximum absolute atomic E-state index is 10.5. The predicted molar refractivity (Wildman–Crippen MR) is 55.7 cm³/mol. The molecule has 0 unspecified atom stereocenters.